The summed E-state index contributed by atoms with van der Waals surface area (Å²) in [4.78, 5) is 19.2. The SMILES string of the molecule is O=C(c1ccc(NCCc2ccccc2)cn1)N1CCCc2ccccc21. The number of amides is 1. The van der Waals surface area contributed by atoms with Gasteiger partial charge in [-0.1, -0.05) is 48.5 Å². The minimum atomic E-state index is -0.0296. The summed E-state index contributed by atoms with van der Waals surface area (Å²) in [5.41, 5.74) is 4.97. The van der Waals surface area contributed by atoms with Crippen molar-refractivity contribution in [3.05, 3.63) is 89.7 Å². The summed E-state index contributed by atoms with van der Waals surface area (Å²) in [6.07, 6.45) is 4.71. The molecule has 0 fully saturated rings. The number of anilines is 2. The summed E-state index contributed by atoms with van der Waals surface area (Å²) in [5.74, 6) is -0.0296. The van der Waals surface area contributed by atoms with Crippen molar-refractivity contribution in [1.29, 1.82) is 0 Å². The Morgan fingerprint density at radius 1 is 1.00 bits per heavy atom. The average Bonchev–Trinajstić information content (AvgIpc) is 2.74. The molecule has 136 valence electrons. The molecule has 0 saturated heterocycles. The molecule has 4 heteroatoms. The summed E-state index contributed by atoms with van der Waals surface area (Å²) in [6, 6.07) is 22.2. The molecule has 0 bridgehead atoms. The van der Waals surface area contributed by atoms with Gasteiger partial charge in [-0.25, -0.2) is 4.98 Å². The van der Waals surface area contributed by atoms with Crippen LogP contribution in [0.3, 0.4) is 0 Å². The molecule has 4 nitrogen and oxygen atoms in total. The lowest BCUT2D eigenvalue weighted by molar-refractivity contribution is 0.0980. The maximum Gasteiger partial charge on any atom is 0.276 e. The molecular weight excluding hydrogens is 334 g/mol. The molecule has 2 heterocycles. The van der Waals surface area contributed by atoms with Gasteiger partial charge in [-0.3, -0.25) is 4.79 Å². The molecule has 1 amide bonds. The number of pyridine rings is 1. The van der Waals surface area contributed by atoms with Gasteiger partial charge in [-0.2, -0.15) is 0 Å². The fourth-order valence-corrected chi connectivity index (χ4v) is 3.50. The number of hydrogen-bond donors (Lipinski definition) is 1. The van der Waals surface area contributed by atoms with Gasteiger partial charge in [-0.15, -0.1) is 0 Å². The number of aryl methyl sites for hydroxylation is 1. The lowest BCUT2D eigenvalue weighted by atomic mass is 10.0. The zero-order chi connectivity index (χ0) is 18.5. The predicted octanol–water partition coefficient (Wildman–Crippen LogP) is 4.33. The Labute approximate surface area is 159 Å². The third kappa shape index (κ3) is 4.00. The van der Waals surface area contributed by atoms with Crippen LogP contribution in [0.5, 0.6) is 0 Å². The molecule has 0 aliphatic carbocycles. The van der Waals surface area contributed by atoms with Crippen LogP contribution in [0.4, 0.5) is 11.4 Å². The van der Waals surface area contributed by atoms with Gasteiger partial charge >= 0.3 is 0 Å². The van der Waals surface area contributed by atoms with E-state index in [1.807, 2.05) is 41.3 Å². The molecule has 27 heavy (non-hydrogen) atoms. The van der Waals surface area contributed by atoms with Crippen molar-refractivity contribution in [3.63, 3.8) is 0 Å². The summed E-state index contributed by atoms with van der Waals surface area (Å²) in [5, 5.41) is 3.37. The summed E-state index contributed by atoms with van der Waals surface area (Å²) in [6.45, 7) is 1.58. The van der Waals surface area contributed by atoms with E-state index in [1.54, 1.807) is 6.20 Å². The van der Waals surface area contributed by atoms with Crippen LogP contribution in [-0.2, 0) is 12.8 Å². The van der Waals surface area contributed by atoms with E-state index in [0.29, 0.717) is 5.69 Å². The van der Waals surface area contributed by atoms with Gasteiger partial charge in [0.05, 0.1) is 11.9 Å². The Kier molecular flexibility index (Phi) is 5.15. The number of nitrogens with one attached hydrogen (secondary N) is 1. The number of aromatic nitrogens is 1. The molecule has 0 atom stereocenters. The number of fused-ring (bicyclic) bond motifs is 1. The van der Waals surface area contributed by atoms with E-state index >= 15 is 0 Å². The topological polar surface area (TPSA) is 45.2 Å². The third-order valence-electron chi connectivity index (χ3n) is 4.92. The quantitative estimate of drug-likeness (QED) is 0.739. The van der Waals surface area contributed by atoms with Gasteiger partial charge in [0, 0.05) is 18.8 Å². The fraction of sp³-hybridized carbons (Fsp3) is 0.217. The van der Waals surface area contributed by atoms with E-state index in [4.69, 9.17) is 0 Å². The van der Waals surface area contributed by atoms with E-state index in [0.717, 1.165) is 43.7 Å². The second-order valence-electron chi connectivity index (χ2n) is 6.78. The van der Waals surface area contributed by atoms with Crippen molar-refractivity contribution < 1.29 is 4.79 Å². The van der Waals surface area contributed by atoms with E-state index in [-0.39, 0.29) is 5.91 Å². The average molecular weight is 357 g/mol. The van der Waals surface area contributed by atoms with Crippen molar-refractivity contribution in [2.24, 2.45) is 0 Å². The molecule has 1 aliphatic heterocycles. The van der Waals surface area contributed by atoms with Crippen LogP contribution < -0.4 is 10.2 Å². The largest absolute Gasteiger partial charge is 0.383 e. The zero-order valence-corrected chi connectivity index (χ0v) is 15.3. The highest BCUT2D eigenvalue weighted by atomic mass is 16.2. The highest BCUT2D eigenvalue weighted by Gasteiger charge is 2.23. The van der Waals surface area contributed by atoms with Crippen LogP contribution in [0.1, 0.15) is 28.0 Å². The van der Waals surface area contributed by atoms with E-state index in [2.05, 4.69) is 40.6 Å². The first-order valence-electron chi connectivity index (χ1n) is 9.45. The van der Waals surface area contributed by atoms with E-state index < -0.39 is 0 Å². The molecule has 1 aliphatic rings. The molecule has 1 aromatic heterocycles. The van der Waals surface area contributed by atoms with Gasteiger partial charge in [0.2, 0.25) is 0 Å². The fourth-order valence-electron chi connectivity index (χ4n) is 3.50. The number of rotatable bonds is 5. The van der Waals surface area contributed by atoms with Gasteiger partial charge in [0.1, 0.15) is 5.69 Å². The lowest BCUT2D eigenvalue weighted by Gasteiger charge is -2.29. The van der Waals surface area contributed by atoms with Crippen LogP contribution in [0.15, 0.2) is 72.9 Å². The second-order valence-corrected chi connectivity index (χ2v) is 6.78. The van der Waals surface area contributed by atoms with Crippen molar-refractivity contribution in [3.8, 4) is 0 Å². The summed E-state index contributed by atoms with van der Waals surface area (Å²) >= 11 is 0. The first-order chi connectivity index (χ1) is 13.3. The Hall–Kier alpha value is -3.14. The van der Waals surface area contributed by atoms with Crippen molar-refractivity contribution >= 4 is 17.3 Å². The summed E-state index contributed by atoms with van der Waals surface area (Å²) in [7, 11) is 0. The normalized spacial score (nSPS) is 13.1. The molecule has 0 radical (unpaired) electrons. The standard InChI is InChI=1S/C23H23N3O/c27-23(26-16-6-10-19-9-4-5-11-22(19)26)21-13-12-20(17-25-21)24-15-14-18-7-2-1-3-8-18/h1-5,7-9,11-13,17,24H,6,10,14-16H2. The highest BCUT2D eigenvalue weighted by Crippen LogP contribution is 2.27. The van der Waals surface area contributed by atoms with Gasteiger partial charge in [0.25, 0.3) is 5.91 Å². The molecule has 4 rings (SSSR count). The number of nitrogens with zero attached hydrogens (tertiary/aromatic N) is 2. The number of benzene rings is 2. The number of carbonyl (C=O) groups is 1. The second kappa shape index (κ2) is 8.04. The molecule has 1 N–H and O–H groups in total. The molecule has 0 unspecified atom stereocenters. The van der Waals surface area contributed by atoms with Crippen molar-refractivity contribution in [1.82, 2.24) is 4.98 Å². The Balaban J connectivity index is 1.40. The zero-order valence-electron chi connectivity index (χ0n) is 15.3. The Morgan fingerprint density at radius 2 is 1.81 bits per heavy atom. The number of hydrogen-bond acceptors (Lipinski definition) is 3. The minimum absolute atomic E-state index is 0.0296. The van der Waals surface area contributed by atoms with Gasteiger partial charge < -0.3 is 10.2 Å². The van der Waals surface area contributed by atoms with Crippen LogP contribution in [-0.4, -0.2) is 24.0 Å². The molecule has 0 spiro atoms. The first kappa shape index (κ1) is 17.3. The molecule has 3 aromatic rings. The third-order valence-corrected chi connectivity index (χ3v) is 4.92. The first-order valence-corrected chi connectivity index (χ1v) is 9.45. The maximum atomic E-state index is 12.9. The number of carbonyl (C=O) groups excluding carboxylic acids is 1. The van der Waals surface area contributed by atoms with Crippen LogP contribution in [0.25, 0.3) is 0 Å². The van der Waals surface area contributed by atoms with Gasteiger partial charge in [-0.05, 0) is 48.6 Å². The lowest BCUT2D eigenvalue weighted by Crippen LogP contribution is -2.35. The van der Waals surface area contributed by atoms with Crippen molar-refractivity contribution in [2.75, 3.05) is 23.3 Å². The van der Waals surface area contributed by atoms with E-state index in [9.17, 15) is 4.79 Å². The number of para-hydroxylation sites is 1. The smallest absolute Gasteiger partial charge is 0.276 e. The maximum absolute atomic E-state index is 12.9. The van der Waals surface area contributed by atoms with Gasteiger partial charge in [0.15, 0.2) is 0 Å². The monoisotopic (exact) mass is 357 g/mol. The highest BCUT2D eigenvalue weighted by molar-refractivity contribution is 6.05. The minimum Gasteiger partial charge on any atom is -0.383 e. The predicted molar refractivity (Wildman–Crippen MR) is 109 cm³/mol. The van der Waals surface area contributed by atoms with Crippen LogP contribution in [0.2, 0.25) is 0 Å². The molecule has 2 aromatic carbocycles. The van der Waals surface area contributed by atoms with Crippen molar-refractivity contribution in [2.45, 2.75) is 19.3 Å². The Bertz CT molecular complexity index is 906. The molecular formula is C23H23N3O. The summed E-state index contributed by atoms with van der Waals surface area (Å²) < 4.78 is 0. The molecule has 0 saturated carbocycles. The van der Waals surface area contributed by atoms with Crippen LogP contribution >= 0.6 is 0 Å². The Morgan fingerprint density at radius 3 is 2.63 bits per heavy atom. The van der Waals surface area contributed by atoms with Crippen LogP contribution in [0, 0.1) is 0 Å². The van der Waals surface area contributed by atoms with E-state index in [1.165, 1.54) is 11.1 Å².